The van der Waals surface area contributed by atoms with Crippen molar-refractivity contribution < 1.29 is 14.8 Å². The van der Waals surface area contributed by atoms with Crippen molar-refractivity contribution in [1.82, 2.24) is 4.90 Å². The summed E-state index contributed by atoms with van der Waals surface area (Å²) in [7, 11) is 0. The van der Waals surface area contributed by atoms with Gasteiger partial charge >= 0.3 is 0 Å². The monoisotopic (exact) mass is 321 g/mol. The van der Waals surface area contributed by atoms with Gasteiger partial charge in [0.25, 0.3) is 5.69 Å². The van der Waals surface area contributed by atoms with Gasteiger partial charge in [-0.1, -0.05) is 6.07 Å². The first-order chi connectivity index (χ1) is 10.9. The molecule has 0 radical (unpaired) electrons. The minimum atomic E-state index is -0.479. The van der Waals surface area contributed by atoms with E-state index in [0.717, 1.165) is 24.9 Å². The second-order valence-corrected chi connectivity index (χ2v) is 6.18. The zero-order valence-corrected chi connectivity index (χ0v) is 13.5. The van der Waals surface area contributed by atoms with Crippen LogP contribution in [-0.4, -0.2) is 46.6 Å². The summed E-state index contributed by atoms with van der Waals surface area (Å²) in [6.07, 6.45) is 1.55. The van der Waals surface area contributed by atoms with Gasteiger partial charge in [-0.05, 0) is 44.7 Å². The van der Waals surface area contributed by atoms with E-state index in [2.05, 4.69) is 5.32 Å². The van der Waals surface area contributed by atoms with Crippen LogP contribution in [-0.2, 0) is 4.79 Å². The number of benzene rings is 1. The van der Waals surface area contributed by atoms with Crippen LogP contribution >= 0.6 is 0 Å². The summed E-state index contributed by atoms with van der Waals surface area (Å²) in [5.74, 6) is -0.00376. The lowest BCUT2D eigenvalue weighted by atomic mass is 9.93. The number of aliphatic hydroxyl groups is 1. The lowest BCUT2D eigenvalue weighted by Crippen LogP contribution is -2.43. The summed E-state index contributed by atoms with van der Waals surface area (Å²) >= 11 is 0. The molecule has 2 unspecified atom stereocenters. The topological polar surface area (TPSA) is 95.7 Å². The number of aryl methyl sites for hydroxylation is 1. The van der Waals surface area contributed by atoms with E-state index in [1.807, 2.05) is 4.90 Å². The molecule has 0 bridgehead atoms. The second-order valence-electron chi connectivity index (χ2n) is 6.18. The quantitative estimate of drug-likeness (QED) is 0.638. The van der Waals surface area contributed by atoms with Crippen molar-refractivity contribution in [2.45, 2.75) is 32.8 Å². The lowest BCUT2D eigenvalue weighted by molar-refractivity contribution is -0.384. The lowest BCUT2D eigenvalue weighted by Gasteiger charge is -2.33. The van der Waals surface area contributed by atoms with E-state index >= 15 is 0 Å². The van der Waals surface area contributed by atoms with Gasteiger partial charge in [0.15, 0.2) is 0 Å². The molecule has 0 aliphatic carbocycles. The summed E-state index contributed by atoms with van der Waals surface area (Å²) < 4.78 is 0. The van der Waals surface area contributed by atoms with E-state index in [-0.39, 0.29) is 30.2 Å². The summed E-state index contributed by atoms with van der Waals surface area (Å²) in [5.41, 5.74) is 1.20. The van der Waals surface area contributed by atoms with E-state index in [1.54, 1.807) is 19.9 Å². The fourth-order valence-corrected chi connectivity index (χ4v) is 2.88. The molecule has 0 saturated carbocycles. The SMILES string of the molecule is Cc1ccc([N+](=O)[O-])cc1NC(=O)CN1CCCC(C(C)O)C1. The van der Waals surface area contributed by atoms with Gasteiger partial charge in [-0.3, -0.25) is 19.8 Å². The number of rotatable bonds is 5. The Bertz CT molecular complexity index is 589. The largest absolute Gasteiger partial charge is 0.393 e. The average Bonchev–Trinajstić information content (AvgIpc) is 2.49. The third-order valence-electron chi connectivity index (χ3n) is 4.30. The van der Waals surface area contributed by atoms with Crippen LogP contribution in [0.4, 0.5) is 11.4 Å². The van der Waals surface area contributed by atoms with Crippen molar-refractivity contribution >= 4 is 17.3 Å². The Hall–Kier alpha value is -1.99. The van der Waals surface area contributed by atoms with Crippen molar-refractivity contribution in [3.05, 3.63) is 33.9 Å². The normalized spacial score (nSPS) is 20.0. The summed E-state index contributed by atoms with van der Waals surface area (Å²) in [5, 5.41) is 23.3. The Morgan fingerprint density at radius 1 is 1.57 bits per heavy atom. The van der Waals surface area contributed by atoms with E-state index < -0.39 is 4.92 Å². The molecule has 2 N–H and O–H groups in total. The molecule has 1 aliphatic heterocycles. The number of anilines is 1. The minimum absolute atomic E-state index is 0.0435. The minimum Gasteiger partial charge on any atom is -0.393 e. The van der Waals surface area contributed by atoms with Gasteiger partial charge in [-0.2, -0.15) is 0 Å². The Balaban J connectivity index is 1.97. The fraction of sp³-hybridized carbons (Fsp3) is 0.562. The van der Waals surface area contributed by atoms with Crippen LogP contribution in [0.25, 0.3) is 0 Å². The Morgan fingerprint density at radius 2 is 2.30 bits per heavy atom. The van der Waals surface area contributed by atoms with E-state index in [9.17, 15) is 20.0 Å². The standard InChI is InChI=1S/C16H23N3O4/c1-11-5-6-14(19(22)23)8-15(11)17-16(21)10-18-7-3-4-13(9-18)12(2)20/h5-6,8,12-13,20H,3-4,7,9-10H2,1-2H3,(H,17,21). The van der Waals surface area contributed by atoms with E-state index in [1.165, 1.54) is 12.1 Å². The van der Waals surface area contributed by atoms with Gasteiger partial charge in [0.2, 0.25) is 5.91 Å². The van der Waals surface area contributed by atoms with Crippen LogP contribution in [0.1, 0.15) is 25.3 Å². The third-order valence-corrected chi connectivity index (χ3v) is 4.30. The van der Waals surface area contributed by atoms with Gasteiger partial charge in [-0.15, -0.1) is 0 Å². The molecule has 7 nitrogen and oxygen atoms in total. The molecule has 1 fully saturated rings. The van der Waals surface area contributed by atoms with E-state index in [4.69, 9.17) is 0 Å². The van der Waals surface area contributed by atoms with Crippen LogP contribution in [0.2, 0.25) is 0 Å². The molecular weight excluding hydrogens is 298 g/mol. The highest BCUT2D eigenvalue weighted by Gasteiger charge is 2.24. The fourth-order valence-electron chi connectivity index (χ4n) is 2.88. The first kappa shape index (κ1) is 17.4. The highest BCUT2D eigenvalue weighted by molar-refractivity contribution is 5.93. The molecule has 126 valence electrons. The maximum Gasteiger partial charge on any atom is 0.271 e. The van der Waals surface area contributed by atoms with E-state index in [0.29, 0.717) is 12.2 Å². The van der Waals surface area contributed by atoms with Gasteiger partial charge in [-0.25, -0.2) is 0 Å². The first-order valence-electron chi connectivity index (χ1n) is 7.82. The number of hydrogen-bond donors (Lipinski definition) is 2. The molecule has 2 rings (SSSR count). The molecule has 7 heteroatoms. The van der Waals surface area contributed by atoms with Gasteiger partial charge < -0.3 is 10.4 Å². The molecule has 1 amide bonds. The number of amides is 1. The number of piperidine rings is 1. The smallest absolute Gasteiger partial charge is 0.271 e. The predicted octanol–water partition coefficient (Wildman–Crippen LogP) is 1.93. The molecule has 23 heavy (non-hydrogen) atoms. The molecule has 1 heterocycles. The number of carbonyl (C=O) groups is 1. The van der Waals surface area contributed by atoms with Crippen molar-refractivity contribution in [2.75, 3.05) is 25.0 Å². The van der Waals surface area contributed by atoms with Gasteiger partial charge in [0, 0.05) is 18.7 Å². The number of carbonyl (C=O) groups excluding carboxylic acids is 1. The number of nitro groups is 1. The number of nitrogens with zero attached hydrogens (tertiary/aromatic N) is 2. The molecule has 1 aromatic rings. The van der Waals surface area contributed by atoms with Crippen LogP contribution in [0, 0.1) is 23.0 Å². The molecule has 1 aliphatic rings. The number of nitro benzene ring substituents is 1. The Labute approximate surface area is 135 Å². The summed E-state index contributed by atoms with van der Waals surface area (Å²) in [4.78, 5) is 24.6. The van der Waals surface area contributed by atoms with Crippen LogP contribution in [0.3, 0.4) is 0 Å². The summed E-state index contributed by atoms with van der Waals surface area (Å²) in [6.45, 7) is 5.32. The number of likely N-dealkylation sites (tertiary alicyclic amines) is 1. The second kappa shape index (κ2) is 7.52. The maximum absolute atomic E-state index is 12.2. The van der Waals surface area contributed by atoms with Crippen molar-refractivity contribution in [2.24, 2.45) is 5.92 Å². The average molecular weight is 321 g/mol. The molecule has 2 atom stereocenters. The number of hydrogen-bond acceptors (Lipinski definition) is 5. The summed E-state index contributed by atoms with van der Waals surface area (Å²) in [6, 6.07) is 4.42. The highest BCUT2D eigenvalue weighted by Crippen LogP contribution is 2.22. The Morgan fingerprint density at radius 3 is 2.96 bits per heavy atom. The predicted molar refractivity (Wildman–Crippen MR) is 87.3 cm³/mol. The van der Waals surface area contributed by atoms with Gasteiger partial charge in [0.1, 0.15) is 0 Å². The van der Waals surface area contributed by atoms with Gasteiger partial charge in [0.05, 0.1) is 23.3 Å². The number of non-ortho nitro benzene ring substituents is 1. The van der Waals surface area contributed by atoms with Crippen molar-refractivity contribution in [3.63, 3.8) is 0 Å². The Kier molecular flexibility index (Phi) is 5.68. The third kappa shape index (κ3) is 4.74. The van der Waals surface area contributed by atoms with Crippen LogP contribution in [0.5, 0.6) is 0 Å². The van der Waals surface area contributed by atoms with Crippen molar-refractivity contribution in [3.8, 4) is 0 Å². The number of nitrogens with one attached hydrogen (secondary N) is 1. The first-order valence-corrected chi connectivity index (χ1v) is 7.82. The number of aliphatic hydroxyl groups excluding tert-OH is 1. The highest BCUT2D eigenvalue weighted by atomic mass is 16.6. The van der Waals surface area contributed by atoms with Crippen LogP contribution in [0.15, 0.2) is 18.2 Å². The zero-order valence-electron chi connectivity index (χ0n) is 13.5. The molecule has 0 spiro atoms. The molecule has 0 aromatic heterocycles. The van der Waals surface area contributed by atoms with Crippen molar-refractivity contribution in [1.29, 1.82) is 0 Å². The molecule has 1 aromatic carbocycles. The molecule has 1 saturated heterocycles. The van der Waals surface area contributed by atoms with Crippen LogP contribution < -0.4 is 5.32 Å². The zero-order chi connectivity index (χ0) is 17.0. The molecular formula is C16H23N3O4. The maximum atomic E-state index is 12.2.